The smallest absolute Gasteiger partial charge is 0.287 e. The van der Waals surface area contributed by atoms with Crippen molar-refractivity contribution in [3.05, 3.63) is 47.4 Å². The Morgan fingerprint density at radius 1 is 1.35 bits per heavy atom. The summed E-state index contributed by atoms with van der Waals surface area (Å²) in [5, 5.41) is 5.68. The molecule has 2 amide bonds. The first kappa shape index (κ1) is 15.1. The zero-order valence-corrected chi connectivity index (χ0v) is 12.9. The number of fused-ring (bicyclic) bond motifs is 1. The van der Waals surface area contributed by atoms with Crippen LogP contribution < -0.4 is 10.6 Å². The Hall–Kier alpha value is -2.80. The molecule has 0 aliphatic rings. The highest BCUT2D eigenvalue weighted by Crippen LogP contribution is 2.21. The Labute approximate surface area is 136 Å². The van der Waals surface area contributed by atoms with E-state index >= 15 is 0 Å². The summed E-state index contributed by atoms with van der Waals surface area (Å²) in [5.41, 5.74) is 1.51. The van der Waals surface area contributed by atoms with E-state index in [4.69, 9.17) is 16.0 Å². The average Bonchev–Trinajstić information content (AvgIpc) is 3.14. The number of carbonyl (C=O) groups is 2. The molecule has 2 N–H and O–H groups in total. The first-order valence-electron chi connectivity index (χ1n) is 6.78. The third-order valence-electron chi connectivity index (χ3n) is 3.25. The molecule has 3 aromatic rings. The number of carbonyl (C=O) groups excluding carboxylic acids is 2. The van der Waals surface area contributed by atoms with Crippen LogP contribution in [0.3, 0.4) is 0 Å². The summed E-state index contributed by atoms with van der Waals surface area (Å²) in [4.78, 5) is 27.9. The molecule has 0 saturated heterocycles. The molecule has 0 radical (unpaired) electrons. The molecule has 118 valence electrons. The van der Waals surface area contributed by atoms with Gasteiger partial charge in [-0.3, -0.25) is 14.9 Å². The maximum absolute atomic E-state index is 11.9. The van der Waals surface area contributed by atoms with E-state index in [0.29, 0.717) is 16.5 Å². The van der Waals surface area contributed by atoms with Crippen LogP contribution in [-0.4, -0.2) is 27.9 Å². The van der Waals surface area contributed by atoms with Gasteiger partial charge in [0.2, 0.25) is 11.9 Å². The quantitative estimate of drug-likeness (QED) is 0.766. The van der Waals surface area contributed by atoms with Gasteiger partial charge in [0, 0.05) is 12.1 Å². The minimum absolute atomic E-state index is 0.148. The lowest BCUT2D eigenvalue weighted by Gasteiger charge is -2.06. The van der Waals surface area contributed by atoms with Crippen LogP contribution >= 0.6 is 11.6 Å². The largest absolute Gasteiger partial charge is 0.459 e. The third-order valence-corrected chi connectivity index (χ3v) is 3.48. The minimum Gasteiger partial charge on any atom is -0.459 e. The Morgan fingerprint density at radius 2 is 2.17 bits per heavy atom. The van der Waals surface area contributed by atoms with Crippen molar-refractivity contribution in [1.82, 2.24) is 14.9 Å². The van der Waals surface area contributed by atoms with Crippen LogP contribution in [0.4, 0.5) is 5.95 Å². The molecule has 0 bridgehead atoms. The molecule has 7 nitrogen and oxygen atoms in total. The highest BCUT2D eigenvalue weighted by atomic mass is 35.5. The van der Waals surface area contributed by atoms with Gasteiger partial charge >= 0.3 is 0 Å². The van der Waals surface area contributed by atoms with Crippen LogP contribution in [0.2, 0.25) is 5.02 Å². The van der Waals surface area contributed by atoms with E-state index in [1.165, 1.54) is 12.3 Å². The monoisotopic (exact) mass is 332 g/mol. The van der Waals surface area contributed by atoms with E-state index < -0.39 is 11.8 Å². The number of rotatable bonds is 4. The number of aryl methyl sites for hydroxylation is 1. The molecule has 0 saturated carbocycles. The summed E-state index contributed by atoms with van der Waals surface area (Å²) in [6, 6.07) is 8.40. The molecule has 0 aliphatic heterocycles. The Bertz CT molecular complexity index is 870. The summed E-state index contributed by atoms with van der Waals surface area (Å²) in [7, 11) is 1.78. The summed E-state index contributed by atoms with van der Waals surface area (Å²) >= 11 is 5.93. The van der Waals surface area contributed by atoms with Gasteiger partial charge in [-0.1, -0.05) is 11.6 Å². The summed E-state index contributed by atoms with van der Waals surface area (Å²) in [6.45, 7) is -0.191. The predicted molar refractivity (Wildman–Crippen MR) is 85.4 cm³/mol. The van der Waals surface area contributed by atoms with Gasteiger partial charge in [0.15, 0.2) is 5.76 Å². The number of furan rings is 1. The SMILES string of the molecule is Cn1c(NC(=O)CNC(=O)c2ccco2)nc2cc(Cl)ccc21. The first-order valence-corrected chi connectivity index (χ1v) is 7.16. The lowest BCUT2D eigenvalue weighted by Crippen LogP contribution is -2.33. The van der Waals surface area contributed by atoms with Crippen LogP contribution in [-0.2, 0) is 11.8 Å². The molecule has 3 rings (SSSR count). The number of hydrogen-bond donors (Lipinski definition) is 2. The second kappa shape index (κ2) is 6.13. The molecule has 8 heteroatoms. The predicted octanol–water partition coefficient (Wildman–Crippen LogP) is 2.19. The van der Waals surface area contributed by atoms with Gasteiger partial charge in [-0.15, -0.1) is 0 Å². The van der Waals surface area contributed by atoms with Crippen molar-refractivity contribution in [2.75, 3.05) is 11.9 Å². The van der Waals surface area contributed by atoms with E-state index in [9.17, 15) is 9.59 Å². The maximum atomic E-state index is 11.9. The first-order chi connectivity index (χ1) is 11.0. The molecule has 2 aromatic heterocycles. The number of nitrogens with zero attached hydrogens (tertiary/aromatic N) is 2. The van der Waals surface area contributed by atoms with Gasteiger partial charge in [-0.2, -0.15) is 0 Å². The summed E-state index contributed by atoms with van der Waals surface area (Å²) < 4.78 is 6.68. The average molecular weight is 333 g/mol. The molecule has 1 aromatic carbocycles. The number of imidazole rings is 1. The minimum atomic E-state index is -0.457. The Balaban J connectivity index is 1.66. The molecule has 0 spiro atoms. The van der Waals surface area contributed by atoms with Crippen LogP contribution in [0.1, 0.15) is 10.6 Å². The van der Waals surface area contributed by atoms with E-state index in [1.54, 1.807) is 29.8 Å². The van der Waals surface area contributed by atoms with Crippen LogP contribution in [0.15, 0.2) is 41.0 Å². The summed E-state index contributed by atoms with van der Waals surface area (Å²) in [5.74, 6) is -0.328. The van der Waals surface area contributed by atoms with Gasteiger partial charge < -0.3 is 14.3 Å². The molecule has 0 atom stereocenters. The normalized spacial score (nSPS) is 10.7. The van der Waals surface area contributed by atoms with E-state index in [2.05, 4.69) is 15.6 Å². The highest BCUT2D eigenvalue weighted by Gasteiger charge is 2.13. The fourth-order valence-corrected chi connectivity index (χ4v) is 2.28. The zero-order chi connectivity index (χ0) is 16.4. The molecule has 0 fully saturated rings. The van der Waals surface area contributed by atoms with Crippen molar-refractivity contribution in [3.63, 3.8) is 0 Å². The summed E-state index contributed by atoms with van der Waals surface area (Å²) in [6.07, 6.45) is 1.39. The van der Waals surface area contributed by atoms with Crippen molar-refractivity contribution >= 4 is 40.4 Å². The Kier molecular flexibility index (Phi) is 4.03. The molecular formula is C15H13ClN4O3. The van der Waals surface area contributed by atoms with Crippen LogP contribution in [0, 0.1) is 0 Å². The lowest BCUT2D eigenvalue weighted by atomic mass is 10.3. The van der Waals surface area contributed by atoms with E-state index in [-0.39, 0.29) is 12.3 Å². The molecule has 0 aliphatic carbocycles. The van der Waals surface area contributed by atoms with E-state index in [1.807, 2.05) is 6.07 Å². The fourth-order valence-electron chi connectivity index (χ4n) is 2.11. The van der Waals surface area contributed by atoms with Crippen molar-refractivity contribution in [2.45, 2.75) is 0 Å². The van der Waals surface area contributed by atoms with Crippen molar-refractivity contribution in [1.29, 1.82) is 0 Å². The second-order valence-electron chi connectivity index (χ2n) is 4.84. The number of halogens is 1. The van der Waals surface area contributed by atoms with Crippen LogP contribution in [0.25, 0.3) is 11.0 Å². The molecular weight excluding hydrogens is 320 g/mol. The number of benzene rings is 1. The van der Waals surface area contributed by atoms with Crippen molar-refractivity contribution in [3.8, 4) is 0 Å². The van der Waals surface area contributed by atoms with Gasteiger partial charge in [-0.25, -0.2) is 4.98 Å². The Morgan fingerprint density at radius 3 is 2.91 bits per heavy atom. The second-order valence-corrected chi connectivity index (χ2v) is 5.27. The standard InChI is InChI=1S/C15H13ClN4O3/c1-20-11-5-4-9(16)7-10(11)18-15(20)19-13(21)8-17-14(22)12-3-2-6-23-12/h2-7H,8H2,1H3,(H,17,22)(H,18,19,21). The number of hydrogen-bond acceptors (Lipinski definition) is 4. The zero-order valence-electron chi connectivity index (χ0n) is 12.2. The lowest BCUT2D eigenvalue weighted by molar-refractivity contribution is -0.115. The molecule has 0 unspecified atom stereocenters. The third kappa shape index (κ3) is 3.19. The molecule has 2 heterocycles. The number of anilines is 1. The number of aromatic nitrogens is 2. The van der Waals surface area contributed by atoms with Crippen molar-refractivity contribution in [2.24, 2.45) is 7.05 Å². The van der Waals surface area contributed by atoms with E-state index in [0.717, 1.165) is 5.52 Å². The highest BCUT2D eigenvalue weighted by molar-refractivity contribution is 6.31. The van der Waals surface area contributed by atoms with Gasteiger partial charge in [-0.05, 0) is 30.3 Å². The van der Waals surface area contributed by atoms with Gasteiger partial charge in [0.1, 0.15) is 0 Å². The topological polar surface area (TPSA) is 89.2 Å². The van der Waals surface area contributed by atoms with Gasteiger partial charge in [0.25, 0.3) is 5.91 Å². The van der Waals surface area contributed by atoms with Crippen LogP contribution in [0.5, 0.6) is 0 Å². The van der Waals surface area contributed by atoms with Gasteiger partial charge in [0.05, 0.1) is 23.8 Å². The fraction of sp³-hybridized carbons (Fsp3) is 0.133. The number of nitrogens with one attached hydrogen (secondary N) is 2. The molecule has 23 heavy (non-hydrogen) atoms. The van der Waals surface area contributed by atoms with Crippen molar-refractivity contribution < 1.29 is 14.0 Å². The number of amides is 2. The maximum Gasteiger partial charge on any atom is 0.287 e.